The first kappa shape index (κ1) is 77.4. The number of carbonyl (C=O) groups excluding carboxylic acids is 2. The quantitative estimate of drug-likeness (QED) is 0.0211. The lowest BCUT2D eigenvalue weighted by atomic mass is 10.0. The Morgan fingerprint density at radius 2 is 0.663 bits per heavy atom. The topological polar surface area (TPSA) is 108 Å². The molecule has 0 spiro atoms. The zero-order valence-corrected chi connectivity index (χ0v) is 52.8. The Morgan fingerprint density at radius 3 is 1.00 bits per heavy atom. The molecule has 0 rings (SSSR count). The second-order valence-electron chi connectivity index (χ2n) is 21.6. The zero-order chi connectivity index (χ0) is 60.5. The van der Waals surface area contributed by atoms with E-state index in [-0.39, 0.29) is 32.7 Å². The van der Waals surface area contributed by atoms with Gasteiger partial charge in [-0.25, -0.2) is 4.79 Å². The summed E-state index contributed by atoms with van der Waals surface area (Å²) in [4.78, 5) is 37.4. The summed E-state index contributed by atoms with van der Waals surface area (Å²) in [5, 5.41) is 9.71. The van der Waals surface area contributed by atoms with Gasteiger partial charge < -0.3 is 28.5 Å². The maximum absolute atomic E-state index is 12.9. The molecule has 0 aromatic heterocycles. The molecule has 9 nitrogen and oxygen atoms in total. The number of carboxylic acid groups (broad SMARTS) is 1. The normalized spacial score (nSPS) is 14.0. The summed E-state index contributed by atoms with van der Waals surface area (Å²) >= 11 is 0. The summed E-state index contributed by atoms with van der Waals surface area (Å²) in [5.74, 6) is -2.11. The molecular formula is C74H116NO8+. The number of carboxylic acids is 1. The van der Waals surface area contributed by atoms with Gasteiger partial charge in [-0.1, -0.05) is 247 Å². The monoisotopic (exact) mass is 1150 g/mol. The lowest BCUT2D eigenvalue weighted by Crippen LogP contribution is -2.40. The molecule has 0 saturated heterocycles. The zero-order valence-electron chi connectivity index (χ0n) is 52.8. The highest BCUT2D eigenvalue weighted by atomic mass is 16.7. The van der Waals surface area contributed by atoms with Crippen molar-refractivity contribution in [3.05, 3.63) is 182 Å². The van der Waals surface area contributed by atoms with Crippen molar-refractivity contribution >= 4 is 17.9 Å². The van der Waals surface area contributed by atoms with Crippen molar-refractivity contribution in [2.75, 3.05) is 47.5 Å². The smallest absolute Gasteiger partial charge is 0.361 e. The predicted molar refractivity (Wildman–Crippen MR) is 354 cm³/mol. The van der Waals surface area contributed by atoms with Crippen molar-refractivity contribution < 1.29 is 42.9 Å². The first-order chi connectivity index (χ1) is 40.6. The van der Waals surface area contributed by atoms with Gasteiger partial charge in [0.15, 0.2) is 6.10 Å². The number of quaternary nitrogens is 1. The van der Waals surface area contributed by atoms with Crippen LogP contribution in [0.4, 0.5) is 0 Å². The summed E-state index contributed by atoms with van der Waals surface area (Å²) in [6.45, 7) is 4.54. The third kappa shape index (κ3) is 63.8. The molecule has 9 heteroatoms. The van der Waals surface area contributed by atoms with Gasteiger partial charge >= 0.3 is 17.9 Å². The van der Waals surface area contributed by atoms with Gasteiger partial charge in [-0.05, 0) is 128 Å². The molecule has 0 fully saturated rings. The van der Waals surface area contributed by atoms with Gasteiger partial charge in [0.05, 0.1) is 34.4 Å². The molecule has 0 aliphatic rings. The molecule has 0 bridgehead atoms. The highest BCUT2D eigenvalue weighted by molar-refractivity contribution is 5.71. The van der Waals surface area contributed by atoms with Crippen molar-refractivity contribution in [3.8, 4) is 0 Å². The minimum absolute atomic E-state index is 0.168. The first-order valence-electron chi connectivity index (χ1n) is 31.9. The molecule has 83 heavy (non-hydrogen) atoms. The van der Waals surface area contributed by atoms with Gasteiger partial charge in [0.1, 0.15) is 13.2 Å². The average molecular weight is 1150 g/mol. The Kier molecular flexibility index (Phi) is 58.2. The van der Waals surface area contributed by atoms with Gasteiger partial charge in [0.25, 0.3) is 6.29 Å². The van der Waals surface area contributed by atoms with Gasteiger partial charge in [0, 0.05) is 12.8 Å². The maximum Gasteiger partial charge on any atom is 0.361 e. The van der Waals surface area contributed by atoms with Crippen molar-refractivity contribution in [1.29, 1.82) is 0 Å². The molecule has 0 amide bonds. The number of nitrogens with zero attached hydrogens (tertiary/aromatic N) is 1. The van der Waals surface area contributed by atoms with Crippen LogP contribution < -0.4 is 0 Å². The summed E-state index contributed by atoms with van der Waals surface area (Å²) in [6, 6.07) is 0. The van der Waals surface area contributed by atoms with Crippen molar-refractivity contribution in [3.63, 3.8) is 0 Å². The third-order valence-corrected chi connectivity index (χ3v) is 12.7. The number of hydrogen-bond donors (Lipinski definition) is 1. The fourth-order valence-corrected chi connectivity index (χ4v) is 7.84. The van der Waals surface area contributed by atoms with Crippen LogP contribution >= 0.6 is 0 Å². The molecule has 0 aliphatic heterocycles. The molecule has 2 atom stereocenters. The van der Waals surface area contributed by atoms with Crippen LogP contribution in [0.25, 0.3) is 0 Å². The minimum atomic E-state index is -1.54. The van der Waals surface area contributed by atoms with E-state index in [0.717, 1.165) is 128 Å². The van der Waals surface area contributed by atoms with Crippen LogP contribution in [-0.4, -0.2) is 87.4 Å². The Bertz CT molecular complexity index is 2010. The molecule has 1 N–H and O–H groups in total. The molecule has 2 unspecified atom stereocenters. The molecule has 0 aromatic carbocycles. The van der Waals surface area contributed by atoms with E-state index in [1.807, 2.05) is 21.1 Å². The van der Waals surface area contributed by atoms with E-state index >= 15 is 0 Å². The highest BCUT2D eigenvalue weighted by Crippen LogP contribution is 2.14. The van der Waals surface area contributed by atoms with Crippen LogP contribution in [0.1, 0.15) is 206 Å². The second-order valence-corrected chi connectivity index (χ2v) is 21.6. The van der Waals surface area contributed by atoms with E-state index < -0.39 is 30.3 Å². The van der Waals surface area contributed by atoms with Crippen molar-refractivity contribution in [1.82, 2.24) is 0 Å². The number of aliphatic carboxylic acids is 1. The van der Waals surface area contributed by atoms with Gasteiger partial charge in [-0.2, -0.15) is 0 Å². The highest BCUT2D eigenvalue weighted by Gasteiger charge is 2.25. The molecule has 0 radical (unpaired) electrons. The van der Waals surface area contributed by atoms with Crippen LogP contribution in [-0.2, 0) is 33.3 Å². The average Bonchev–Trinajstić information content (AvgIpc) is 3.46. The van der Waals surface area contributed by atoms with E-state index in [1.165, 1.54) is 38.5 Å². The standard InChI is InChI=1S/C74H115NO8/c1-6-8-10-12-14-16-18-20-22-24-25-26-27-28-29-30-31-32-33-34-35-36-37-38-39-40-41-42-43-44-45-46-47-49-51-53-55-57-59-61-63-65-72(77)83-70(69-82-74(73(78)79)80-67-66-75(3,4)5)68-81-71(76)64-62-60-58-56-54-52-50-48-23-21-19-17-15-13-11-9-7-2/h8-11,14-17,20-23,25-26,28-29,31-32,34-35,37-38,40-41,43-44,50,52,56,58,70,74H,6-7,12-13,18-19,24,27,30,33,36,39,42,45-49,51,53-55,57,59-69H2,1-5H3/p+1/b10-8-,11-9-,16-14-,17-15-,22-20-,23-21-,26-25-,29-28-,32-31-,35-34-,38-37-,41-40-,44-43-,52-50-,58-56-. The van der Waals surface area contributed by atoms with Crippen LogP contribution in [0.3, 0.4) is 0 Å². The minimum Gasteiger partial charge on any atom is -0.477 e. The molecular weight excluding hydrogens is 1030 g/mol. The second kappa shape index (κ2) is 62.4. The molecule has 0 aliphatic carbocycles. The van der Waals surface area contributed by atoms with Gasteiger partial charge in [-0.15, -0.1) is 0 Å². The largest absolute Gasteiger partial charge is 0.477 e. The summed E-state index contributed by atoms with van der Waals surface area (Å²) in [7, 11) is 5.94. The summed E-state index contributed by atoms with van der Waals surface area (Å²) in [5.41, 5.74) is 0. The Labute approximate surface area is 507 Å². The van der Waals surface area contributed by atoms with E-state index in [0.29, 0.717) is 23.9 Å². The lowest BCUT2D eigenvalue weighted by Gasteiger charge is -2.25. The fraction of sp³-hybridized carbons (Fsp3) is 0.554. The Balaban J connectivity index is 4.21. The fourth-order valence-electron chi connectivity index (χ4n) is 7.84. The molecule has 0 saturated carbocycles. The van der Waals surface area contributed by atoms with Crippen LogP contribution in [0.5, 0.6) is 0 Å². The predicted octanol–water partition coefficient (Wildman–Crippen LogP) is 19.7. The third-order valence-electron chi connectivity index (χ3n) is 12.7. The lowest BCUT2D eigenvalue weighted by molar-refractivity contribution is -0.870. The Morgan fingerprint density at radius 1 is 0.361 bits per heavy atom. The molecule has 464 valence electrons. The summed E-state index contributed by atoms with van der Waals surface area (Å²) in [6.07, 6.45) is 92.9. The van der Waals surface area contributed by atoms with E-state index in [9.17, 15) is 19.5 Å². The van der Waals surface area contributed by atoms with E-state index in [1.54, 1.807) is 0 Å². The van der Waals surface area contributed by atoms with E-state index in [2.05, 4.69) is 196 Å². The van der Waals surface area contributed by atoms with Gasteiger partial charge in [-0.3, -0.25) is 9.59 Å². The van der Waals surface area contributed by atoms with Crippen LogP contribution in [0.2, 0.25) is 0 Å². The number of carbonyl (C=O) groups is 3. The number of likely N-dealkylation sites (N-methyl/N-ethyl adjacent to an activating group) is 1. The number of allylic oxidation sites excluding steroid dienone is 30. The van der Waals surface area contributed by atoms with Crippen LogP contribution in [0.15, 0.2) is 182 Å². The number of rotatable bonds is 56. The van der Waals surface area contributed by atoms with Crippen molar-refractivity contribution in [2.45, 2.75) is 219 Å². The molecule has 0 aromatic rings. The number of hydrogen-bond acceptors (Lipinski definition) is 7. The van der Waals surface area contributed by atoms with Gasteiger partial charge in [0.2, 0.25) is 0 Å². The van der Waals surface area contributed by atoms with E-state index in [4.69, 9.17) is 18.9 Å². The first-order valence-corrected chi connectivity index (χ1v) is 31.9. The van der Waals surface area contributed by atoms with Crippen LogP contribution in [0, 0.1) is 0 Å². The number of esters is 2. The number of unbranched alkanes of at least 4 members (excludes halogenated alkanes) is 11. The Hall–Kier alpha value is -5.61. The number of ether oxygens (including phenoxy) is 4. The van der Waals surface area contributed by atoms with Crippen molar-refractivity contribution in [2.24, 2.45) is 0 Å². The maximum atomic E-state index is 12.9. The summed E-state index contributed by atoms with van der Waals surface area (Å²) < 4.78 is 22.8. The SMILES string of the molecule is CC/C=C\C/C=C\C/C=C\C/C=C\C/C=C\C/C=C\C/C=C\C/C=C\C/C=C\C/C=C\CCCCCCCCCCCCC(=O)OC(COC(=O)CCC/C=C\C/C=C\C/C=C\C/C=C\C/C=C\CC)COC(OCC[N+](C)(C)C)C(=O)O. The molecule has 0 heterocycles.